The van der Waals surface area contributed by atoms with Gasteiger partial charge in [0.15, 0.2) is 0 Å². The number of aliphatic hydroxyl groups excluding tert-OH is 1. The van der Waals surface area contributed by atoms with Crippen molar-refractivity contribution in [1.29, 1.82) is 0 Å². The Morgan fingerprint density at radius 2 is 1.79 bits per heavy atom. The lowest BCUT2D eigenvalue weighted by atomic mass is 9.83. The first-order valence-electron chi connectivity index (χ1n) is 7.45. The zero-order valence-corrected chi connectivity index (χ0v) is 12.3. The average Bonchev–Trinajstić information content (AvgIpc) is 2.57. The molecule has 2 nitrogen and oxygen atoms in total. The van der Waals surface area contributed by atoms with E-state index < -0.39 is 0 Å². The average molecular weight is 261 g/mol. The van der Waals surface area contributed by atoms with Gasteiger partial charge in [0, 0.05) is 12.1 Å². The fraction of sp³-hybridized carbons (Fsp3) is 0.647. The highest BCUT2D eigenvalue weighted by Gasteiger charge is 2.34. The molecule has 1 aromatic carbocycles. The summed E-state index contributed by atoms with van der Waals surface area (Å²) in [4.78, 5) is 0. The molecule has 1 unspecified atom stereocenters. The molecular formula is C17H27NO. The normalized spacial score (nSPS) is 26.9. The van der Waals surface area contributed by atoms with Crippen molar-refractivity contribution in [2.24, 2.45) is 5.41 Å². The fourth-order valence-corrected chi connectivity index (χ4v) is 3.01. The molecule has 1 aliphatic rings. The van der Waals surface area contributed by atoms with Crippen molar-refractivity contribution < 1.29 is 5.11 Å². The van der Waals surface area contributed by atoms with Crippen LogP contribution in [-0.4, -0.2) is 17.3 Å². The van der Waals surface area contributed by atoms with Crippen LogP contribution in [0.2, 0.25) is 0 Å². The zero-order valence-electron chi connectivity index (χ0n) is 12.3. The summed E-state index contributed by atoms with van der Waals surface area (Å²) in [6, 6.07) is 10.5. The maximum atomic E-state index is 9.85. The molecule has 19 heavy (non-hydrogen) atoms. The van der Waals surface area contributed by atoms with Crippen molar-refractivity contribution in [3.63, 3.8) is 0 Å². The number of nitrogens with one attached hydrogen (secondary N) is 1. The number of aliphatic hydroxyl groups is 1. The molecule has 2 heteroatoms. The first-order valence-corrected chi connectivity index (χ1v) is 7.45. The molecule has 0 saturated heterocycles. The first-order chi connectivity index (χ1) is 9.05. The summed E-state index contributed by atoms with van der Waals surface area (Å²) >= 11 is 0. The van der Waals surface area contributed by atoms with E-state index in [4.69, 9.17) is 0 Å². The van der Waals surface area contributed by atoms with Crippen LogP contribution in [0.25, 0.3) is 0 Å². The molecule has 106 valence electrons. The molecule has 0 aliphatic heterocycles. The largest absolute Gasteiger partial charge is 0.394 e. The van der Waals surface area contributed by atoms with E-state index in [0.717, 1.165) is 19.4 Å². The number of benzene rings is 1. The Morgan fingerprint density at radius 1 is 1.05 bits per heavy atom. The van der Waals surface area contributed by atoms with E-state index in [1.807, 2.05) is 6.07 Å². The molecule has 1 aromatic rings. The monoisotopic (exact) mass is 261 g/mol. The smallest absolute Gasteiger partial charge is 0.0613 e. The van der Waals surface area contributed by atoms with Gasteiger partial charge in [-0.2, -0.15) is 0 Å². The van der Waals surface area contributed by atoms with Crippen LogP contribution in [0.1, 0.15) is 51.5 Å². The Labute approximate surface area is 117 Å². The van der Waals surface area contributed by atoms with Crippen LogP contribution in [0, 0.1) is 5.41 Å². The lowest BCUT2D eigenvalue weighted by Crippen LogP contribution is -2.47. The van der Waals surface area contributed by atoms with E-state index in [1.165, 1.54) is 24.8 Å². The lowest BCUT2D eigenvalue weighted by Gasteiger charge is -2.33. The minimum absolute atomic E-state index is 0.0798. The topological polar surface area (TPSA) is 32.3 Å². The van der Waals surface area contributed by atoms with Crippen LogP contribution in [0.15, 0.2) is 30.3 Å². The van der Waals surface area contributed by atoms with Gasteiger partial charge in [0.1, 0.15) is 0 Å². The van der Waals surface area contributed by atoms with E-state index in [0.29, 0.717) is 5.41 Å². The van der Waals surface area contributed by atoms with Crippen molar-refractivity contribution in [3.05, 3.63) is 35.9 Å². The van der Waals surface area contributed by atoms with Gasteiger partial charge in [-0.15, -0.1) is 0 Å². The molecule has 0 amide bonds. The summed E-state index contributed by atoms with van der Waals surface area (Å²) in [5.41, 5.74) is 1.63. The van der Waals surface area contributed by atoms with Crippen LogP contribution in [0.3, 0.4) is 0 Å². The van der Waals surface area contributed by atoms with E-state index in [2.05, 4.69) is 43.4 Å². The molecule has 0 radical (unpaired) electrons. The van der Waals surface area contributed by atoms with E-state index in [-0.39, 0.29) is 12.1 Å². The highest BCUT2D eigenvalue weighted by Crippen LogP contribution is 2.38. The van der Waals surface area contributed by atoms with Gasteiger partial charge in [-0.1, -0.05) is 50.6 Å². The maximum Gasteiger partial charge on any atom is 0.0613 e. The second-order valence-corrected chi connectivity index (χ2v) is 6.80. The van der Waals surface area contributed by atoms with Crippen LogP contribution in [0.5, 0.6) is 0 Å². The van der Waals surface area contributed by atoms with Gasteiger partial charge in [0.05, 0.1) is 6.61 Å². The third kappa shape index (κ3) is 4.05. The molecule has 0 heterocycles. The predicted octanol–water partition coefficient (Wildman–Crippen LogP) is 3.50. The molecule has 2 rings (SSSR count). The second-order valence-electron chi connectivity index (χ2n) is 6.80. The standard InChI is InChI=1S/C17H27NO/c1-16(2)9-6-10-17(14-19,12-11-16)18-13-15-7-4-3-5-8-15/h3-5,7-8,18-19H,6,9-14H2,1-2H3. The summed E-state index contributed by atoms with van der Waals surface area (Å²) in [6.07, 6.45) is 5.82. The number of hydrogen-bond donors (Lipinski definition) is 2. The predicted molar refractivity (Wildman–Crippen MR) is 80.0 cm³/mol. The van der Waals surface area contributed by atoms with Gasteiger partial charge in [0.25, 0.3) is 0 Å². The molecule has 0 aromatic heterocycles. The second kappa shape index (κ2) is 6.06. The van der Waals surface area contributed by atoms with Gasteiger partial charge in [0.2, 0.25) is 0 Å². The Hall–Kier alpha value is -0.860. The molecule has 2 N–H and O–H groups in total. The van der Waals surface area contributed by atoms with Gasteiger partial charge in [-0.05, 0) is 36.7 Å². The minimum atomic E-state index is -0.0798. The molecule has 1 saturated carbocycles. The van der Waals surface area contributed by atoms with E-state index >= 15 is 0 Å². The summed E-state index contributed by atoms with van der Waals surface area (Å²) in [7, 11) is 0. The lowest BCUT2D eigenvalue weighted by molar-refractivity contribution is 0.138. The molecule has 1 aliphatic carbocycles. The number of rotatable bonds is 4. The Morgan fingerprint density at radius 3 is 2.47 bits per heavy atom. The molecular weight excluding hydrogens is 234 g/mol. The fourth-order valence-electron chi connectivity index (χ4n) is 3.01. The Kier molecular flexibility index (Phi) is 4.64. The van der Waals surface area contributed by atoms with Gasteiger partial charge in [-0.25, -0.2) is 0 Å². The summed E-state index contributed by atoms with van der Waals surface area (Å²) < 4.78 is 0. The van der Waals surface area contributed by atoms with Crippen molar-refractivity contribution in [2.75, 3.05) is 6.61 Å². The van der Waals surface area contributed by atoms with Crippen LogP contribution < -0.4 is 5.32 Å². The third-order valence-electron chi connectivity index (χ3n) is 4.60. The van der Waals surface area contributed by atoms with Gasteiger partial charge in [-0.3, -0.25) is 0 Å². The van der Waals surface area contributed by atoms with Crippen molar-refractivity contribution >= 4 is 0 Å². The first kappa shape index (κ1) is 14.5. The molecule has 1 fully saturated rings. The van der Waals surface area contributed by atoms with Crippen LogP contribution >= 0.6 is 0 Å². The molecule has 0 bridgehead atoms. The summed E-state index contributed by atoms with van der Waals surface area (Å²) in [5.74, 6) is 0. The van der Waals surface area contributed by atoms with Crippen LogP contribution in [-0.2, 0) is 6.54 Å². The van der Waals surface area contributed by atoms with E-state index in [1.54, 1.807) is 0 Å². The number of hydrogen-bond acceptors (Lipinski definition) is 2. The Balaban J connectivity index is 1.98. The van der Waals surface area contributed by atoms with Crippen molar-refractivity contribution in [1.82, 2.24) is 5.32 Å². The summed E-state index contributed by atoms with van der Waals surface area (Å²) in [5, 5.41) is 13.5. The van der Waals surface area contributed by atoms with Crippen LogP contribution in [0.4, 0.5) is 0 Å². The Bertz CT molecular complexity index is 388. The quantitative estimate of drug-likeness (QED) is 0.813. The highest BCUT2D eigenvalue weighted by atomic mass is 16.3. The molecule has 1 atom stereocenters. The van der Waals surface area contributed by atoms with Gasteiger partial charge >= 0.3 is 0 Å². The highest BCUT2D eigenvalue weighted by molar-refractivity contribution is 5.14. The summed E-state index contributed by atoms with van der Waals surface area (Å²) in [6.45, 7) is 5.78. The van der Waals surface area contributed by atoms with Crippen molar-refractivity contribution in [3.8, 4) is 0 Å². The maximum absolute atomic E-state index is 9.85. The van der Waals surface area contributed by atoms with Crippen molar-refractivity contribution in [2.45, 2.75) is 58.0 Å². The van der Waals surface area contributed by atoms with E-state index in [9.17, 15) is 5.11 Å². The SMILES string of the molecule is CC1(C)CCCC(CO)(NCc2ccccc2)CC1. The minimum Gasteiger partial charge on any atom is -0.394 e. The zero-order chi connectivity index (χ0) is 13.8. The van der Waals surface area contributed by atoms with Gasteiger partial charge < -0.3 is 10.4 Å². The molecule has 0 spiro atoms. The third-order valence-corrected chi connectivity index (χ3v) is 4.60.